The monoisotopic (exact) mass is 299 g/mol. The number of hydrogen-bond acceptors (Lipinski definition) is 2. The minimum absolute atomic E-state index is 0.345. The molecule has 2 N–H and O–H groups in total. The molecule has 0 aromatic heterocycles. The van der Waals surface area contributed by atoms with Crippen molar-refractivity contribution in [2.45, 2.75) is 51.2 Å². The molecular formula is C16H23ClFNO. The first-order chi connectivity index (χ1) is 9.48. The third-order valence-electron chi connectivity index (χ3n) is 4.29. The van der Waals surface area contributed by atoms with Crippen LogP contribution in [0.25, 0.3) is 0 Å². The molecule has 0 bridgehead atoms. The van der Waals surface area contributed by atoms with Crippen LogP contribution in [0.5, 0.6) is 0 Å². The molecule has 0 radical (unpaired) electrons. The van der Waals surface area contributed by atoms with Crippen molar-refractivity contribution in [3.63, 3.8) is 0 Å². The Labute approximate surface area is 125 Å². The van der Waals surface area contributed by atoms with E-state index in [0.717, 1.165) is 19.3 Å². The number of rotatable bonds is 4. The lowest BCUT2D eigenvalue weighted by Crippen LogP contribution is -2.47. The molecule has 3 atom stereocenters. The van der Waals surface area contributed by atoms with Gasteiger partial charge in [-0.1, -0.05) is 37.4 Å². The van der Waals surface area contributed by atoms with Crippen molar-refractivity contribution in [2.24, 2.45) is 11.7 Å². The van der Waals surface area contributed by atoms with Gasteiger partial charge < -0.3 is 10.5 Å². The first kappa shape index (κ1) is 15.7. The summed E-state index contributed by atoms with van der Waals surface area (Å²) in [5.74, 6) is 0.207. The van der Waals surface area contributed by atoms with E-state index in [4.69, 9.17) is 22.1 Å². The van der Waals surface area contributed by atoms with E-state index in [0.29, 0.717) is 23.1 Å². The summed E-state index contributed by atoms with van der Waals surface area (Å²) >= 11 is 5.81. The second-order valence-corrected chi connectivity index (χ2v) is 6.28. The zero-order chi connectivity index (χ0) is 14.8. The molecule has 1 aromatic carbocycles. The summed E-state index contributed by atoms with van der Waals surface area (Å²) in [6.07, 6.45) is 4.02. The summed E-state index contributed by atoms with van der Waals surface area (Å²) in [5, 5.41) is 0.390. The molecule has 20 heavy (non-hydrogen) atoms. The van der Waals surface area contributed by atoms with E-state index in [9.17, 15) is 4.39 Å². The lowest BCUT2D eigenvalue weighted by atomic mass is 9.73. The Bertz CT molecular complexity index is 464. The molecule has 1 aliphatic rings. The number of hydrogen-bond donors (Lipinski definition) is 1. The standard InChI is InChI=1S/C16H23ClFNO/c1-3-20-16(8-4-5-11(2)10-16)15(19)13-7-6-12(17)9-14(13)18/h6-7,9,11,15H,3-5,8,10,19H2,1-2H3. The summed E-state index contributed by atoms with van der Waals surface area (Å²) in [5.41, 5.74) is 6.44. The van der Waals surface area contributed by atoms with Crippen molar-refractivity contribution in [3.05, 3.63) is 34.6 Å². The maximum absolute atomic E-state index is 14.1. The second kappa shape index (κ2) is 6.42. The summed E-state index contributed by atoms with van der Waals surface area (Å²) in [6, 6.07) is 4.24. The largest absolute Gasteiger partial charge is 0.373 e. The zero-order valence-electron chi connectivity index (χ0n) is 12.2. The first-order valence-electron chi connectivity index (χ1n) is 7.33. The number of nitrogens with two attached hydrogens (primary N) is 1. The van der Waals surface area contributed by atoms with Gasteiger partial charge >= 0.3 is 0 Å². The van der Waals surface area contributed by atoms with Crippen molar-refractivity contribution in [3.8, 4) is 0 Å². The van der Waals surface area contributed by atoms with Gasteiger partial charge in [-0.3, -0.25) is 0 Å². The van der Waals surface area contributed by atoms with E-state index < -0.39 is 11.6 Å². The Morgan fingerprint density at radius 1 is 1.55 bits per heavy atom. The quantitative estimate of drug-likeness (QED) is 0.890. The third kappa shape index (κ3) is 3.16. The van der Waals surface area contributed by atoms with Gasteiger partial charge in [-0.15, -0.1) is 0 Å². The average Bonchev–Trinajstić information content (AvgIpc) is 2.38. The molecule has 1 saturated carbocycles. The highest BCUT2D eigenvalue weighted by Crippen LogP contribution is 2.43. The Morgan fingerprint density at radius 3 is 2.90 bits per heavy atom. The van der Waals surface area contributed by atoms with E-state index in [2.05, 4.69) is 6.92 Å². The van der Waals surface area contributed by atoms with E-state index in [-0.39, 0.29) is 5.82 Å². The maximum atomic E-state index is 14.1. The van der Waals surface area contributed by atoms with Crippen LogP contribution in [0.2, 0.25) is 5.02 Å². The molecule has 1 aliphatic carbocycles. The van der Waals surface area contributed by atoms with Crippen LogP contribution in [0.3, 0.4) is 0 Å². The highest BCUT2D eigenvalue weighted by molar-refractivity contribution is 6.30. The summed E-state index contributed by atoms with van der Waals surface area (Å²) in [4.78, 5) is 0. The molecule has 2 nitrogen and oxygen atoms in total. The fourth-order valence-corrected chi connectivity index (χ4v) is 3.53. The fraction of sp³-hybridized carbons (Fsp3) is 0.625. The molecule has 0 amide bonds. The smallest absolute Gasteiger partial charge is 0.129 e. The van der Waals surface area contributed by atoms with Crippen molar-refractivity contribution < 1.29 is 9.13 Å². The molecule has 0 heterocycles. The van der Waals surface area contributed by atoms with Crippen LogP contribution in [0.15, 0.2) is 18.2 Å². The predicted molar refractivity (Wildman–Crippen MR) is 80.3 cm³/mol. The first-order valence-corrected chi connectivity index (χ1v) is 7.71. The van der Waals surface area contributed by atoms with Gasteiger partial charge in [0, 0.05) is 17.2 Å². The Balaban J connectivity index is 2.32. The van der Waals surface area contributed by atoms with Gasteiger partial charge in [0.1, 0.15) is 5.82 Å². The summed E-state index contributed by atoms with van der Waals surface area (Å²) in [6.45, 7) is 4.76. The van der Waals surface area contributed by atoms with Crippen molar-refractivity contribution in [1.29, 1.82) is 0 Å². The molecule has 0 aliphatic heterocycles. The van der Waals surface area contributed by atoms with Gasteiger partial charge in [0.2, 0.25) is 0 Å². The zero-order valence-corrected chi connectivity index (χ0v) is 12.9. The molecular weight excluding hydrogens is 277 g/mol. The maximum Gasteiger partial charge on any atom is 0.129 e. The average molecular weight is 300 g/mol. The number of ether oxygens (including phenoxy) is 1. The van der Waals surface area contributed by atoms with Crippen LogP contribution in [0.1, 0.15) is 51.1 Å². The molecule has 1 aromatic rings. The van der Waals surface area contributed by atoms with E-state index in [1.807, 2.05) is 6.92 Å². The van der Waals surface area contributed by atoms with E-state index in [1.165, 1.54) is 12.5 Å². The van der Waals surface area contributed by atoms with E-state index >= 15 is 0 Å². The minimum atomic E-state index is -0.457. The third-order valence-corrected chi connectivity index (χ3v) is 4.52. The van der Waals surface area contributed by atoms with Crippen LogP contribution in [-0.4, -0.2) is 12.2 Å². The fourth-order valence-electron chi connectivity index (χ4n) is 3.37. The highest BCUT2D eigenvalue weighted by atomic mass is 35.5. The lowest BCUT2D eigenvalue weighted by molar-refractivity contribution is -0.0944. The molecule has 1 fully saturated rings. The lowest BCUT2D eigenvalue weighted by Gasteiger charge is -2.44. The summed E-state index contributed by atoms with van der Waals surface area (Å²) < 4.78 is 20.2. The van der Waals surface area contributed by atoms with Crippen LogP contribution in [0.4, 0.5) is 4.39 Å². The van der Waals surface area contributed by atoms with Crippen molar-refractivity contribution in [1.82, 2.24) is 0 Å². The van der Waals surface area contributed by atoms with Crippen LogP contribution >= 0.6 is 11.6 Å². The highest BCUT2D eigenvalue weighted by Gasteiger charge is 2.42. The van der Waals surface area contributed by atoms with Gasteiger partial charge in [-0.2, -0.15) is 0 Å². The normalized spacial score (nSPS) is 28.4. The number of benzene rings is 1. The molecule has 112 valence electrons. The van der Waals surface area contributed by atoms with Gasteiger partial charge in [-0.05, 0) is 37.8 Å². The molecule has 0 spiro atoms. The second-order valence-electron chi connectivity index (χ2n) is 5.84. The van der Waals surface area contributed by atoms with Crippen molar-refractivity contribution in [2.75, 3.05) is 6.61 Å². The summed E-state index contributed by atoms with van der Waals surface area (Å²) in [7, 11) is 0. The van der Waals surface area contributed by atoms with E-state index in [1.54, 1.807) is 12.1 Å². The van der Waals surface area contributed by atoms with Crippen LogP contribution < -0.4 is 5.73 Å². The molecule has 3 unspecified atom stereocenters. The van der Waals surface area contributed by atoms with Crippen LogP contribution in [0, 0.1) is 11.7 Å². The SMILES string of the molecule is CCOC1(C(N)c2ccc(Cl)cc2F)CCCC(C)C1. The Kier molecular flexibility index (Phi) is 5.05. The van der Waals surface area contributed by atoms with Gasteiger partial charge in [0.05, 0.1) is 11.6 Å². The number of halogens is 2. The van der Waals surface area contributed by atoms with Gasteiger partial charge in [0.15, 0.2) is 0 Å². The Morgan fingerprint density at radius 2 is 2.30 bits per heavy atom. The van der Waals surface area contributed by atoms with Gasteiger partial charge in [-0.25, -0.2) is 4.39 Å². The minimum Gasteiger partial charge on any atom is -0.373 e. The molecule has 2 rings (SSSR count). The molecule has 0 saturated heterocycles. The van der Waals surface area contributed by atoms with Crippen molar-refractivity contribution >= 4 is 11.6 Å². The van der Waals surface area contributed by atoms with Gasteiger partial charge in [0.25, 0.3) is 0 Å². The predicted octanol–water partition coefficient (Wildman–Crippen LogP) is 4.46. The Hall–Kier alpha value is -0.640. The molecule has 4 heteroatoms. The topological polar surface area (TPSA) is 35.2 Å². The van der Waals surface area contributed by atoms with Crippen LogP contribution in [-0.2, 0) is 4.74 Å².